The normalized spacial score (nSPS) is 14.9. The maximum Gasteiger partial charge on any atom is 0.234 e. The van der Waals surface area contributed by atoms with Gasteiger partial charge in [0.05, 0.1) is 28.0 Å². The highest BCUT2D eigenvalue weighted by molar-refractivity contribution is 8.00. The van der Waals surface area contributed by atoms with Crippen molar-refractivity contribution in [3.05, 3.63) is 30.0 Å². The zero-order valence-electron chi connectivity index (χ0n) is 14.6. The van der Waals surface area contributed by atoms with Gasteiger partial charge in [0.25, 0.3) is 0 Å². The molecule has 0 bridgehead atoms. The molecule has 2 atom stereocenters. The standard InChI is InChI=1S/C18H22N4OS/c1-11(2)18(5,10-19)22-16(23)13(4)24-17-12(3)20-14-8-6-7-9-15(14)21-17/h6-9,11,13H,1-5H3,(H,22,23). The van der Waals surface area contributed by atoms with Crippen LogP contribution >= 0.6 is 11.8 Å². The molecule has 0 spiro atoms. The summed E-state index contributed by atoms with van der Waals surface area (Å²) < 4.78 is 0. The second-order valence-corrected chi connectivity index (χ2v) is 7.65. The Hall–Kier alpha value is -2.13. The van der Waals surface area contributed by atoms with Gasteiger partial charge in [0, 0.05) is 0 Å². The van der Waals surface area contributed by atoms with Gasteiger partial charge >= 0.3 is 0 Å². The fourth-order valence-corrected chi connectivity index (χ4v) is 2.93. The van der Waals surface area contributed by atoms with Crippen molar-refractivity contribution in [1.82, 2.24) is 15.3 Å². The zero-order chi connectivity index (χ0) is 17.9. The summed E-state index contributed by atoms with van der Waals surface area (Å²) in [5.74, 6) is -0.155. The van der Waals surface area contributed by atoms with Crippen molar-refractivity contribution in [1.29, 1.82) is 5.26 Å². The first-order valence-electron chi connectivity index (χ1n) is 7.90. The molecule has 0 radical (unpaired) electrons. The second-order valence-electron chi connectivity index (χ2n) is 6.32. The van der Waals surface area contributed by atoms with Crippen LogP contribution in [0, 0.1) is 24.2 Å². The average molecular weight is 342 g/mol. The predicted molar refractivity (Wildman–Crippen MR) is 96.6 cm³/mol. The molecule has 0 saturated carbocycles. The molecular formula is C18H22N4OS. The summed E-state index contributed by atoms with van der Waals surface area (Å²) in [6.45, 7) is 9.28. The lowest BCUT2D eigenvalue weighted by Crippen LogP contribution is -2.51. The molecule has 1 amide bonds. The van der Waals surface area contributed by atoms with Crippen LogP contribution < -0.4 is 5.32 Å². The summed E-state index contributed by atoms with van der Waals surface area (Å²) in [6, 6.07) is 9.86. The molecule has 6 heteroatoms. The summed E-state index contributed by atoms with van der Waals surface area (Å²) in [4.78, 5) is 21.6. The number of carbonyl (C=O) groups excluding carboxylic acids is 1. The monoisotopic (exact) mass is 342 g/mol. The highest BCUT2D eigenvalue weighted by atomic mass is 32.2. The Morgan fingerprint density at radius 1 is 1.25 bits per heavy atom. The van der Waals surface area contributed by atoms with E-state index >= 15 is 0 Å². The van der Waals surface area contributed by atoms with Crippen LogP contribution in [-0.4, -0.2) is 26.7 Å². The Labute approximate surface area is 146 Å². The molecule has 2 unspecified atom stereocenters. The van der Waals surface area contributed by atoms with Crippen LogP contribution in [0.25, 0.3) is 11.0 Å². The van der Waals surface area contributed by atoms with Crippen LogP contribution in [0.5, 0.6) is 0 Å². The molecule has 1 aromatic carbocycles. The Balaban J connectivity index is 2.17. The molecule has 1 N–H and O–H groups in total. The predicted octanol–water partition coefficient (Wildman–Crippen LogP) is 3.47. The van der Waals surface area contributed by atoms with E-state index in [1.165, 1.54) is 11.8 Å². The SMILES string of the molecule is Cc1nc2ccccc2nc1SC(C)C(=O)NC(C)(C#N)C(C)C. The van der Waals surface area contributed by atoms with Gasteiger partial charge in [0.1, 0.15) is 10.6 Å². The van der Waals surface area contributed by atoms with Crippen LogP contribution in [0.1, 0.15) is 33.4 Å². The lowest BCUT2D eigenvalue weighted by atomic mass is 9.90. The summed E-state index contributed by atoms with van der Waals surface area (Å²) in [6.07, 6.45) is 0. The third-order valence-electron chi connectivity index (χ3n) is 4.13. The van der Waals surface area contributed by atoms with E-state index in [1.807, 2.05) is 52.0 Å². The number of aryl methyl sites for hydroxylation is 1. The van der Waals surface area contributed by atoms with E-state index in [0.717, 1.165) is 21.8 Å². The summed E-state index contributed by atoms with van der Waals surface area (Å²) in [7, 11) is 0. The van der Waals surface area contributed by atoms with E-state index < -0.39 is 5.54 Å². The smallest absolute Gasteiger partial charge is 0.234 e. The topological polar surface area (TPSA) is 78.7 Å². The van der Waals surface area contributed by atoms with Crippen molar-refractivity contribution in [3.63, 3.8) is 0 Å². The fourth-order valence-electron chi connectivity index (χ4n) is 2.06. The number of aromatic nitrogens is 2. The van der Waals surface area contributed by atoms with Crippen molar-refractivity contribution < 1.29 is 4.79 Å². The van der Waals surface area contributed by atoms with E-state index in [2.05, 4.69) is 21.4 Å². The first-order chi connectivity index (χ1) is 11.3. The van der Waals surface area contributed by atoms with E-state index in [9.17, 15) is 10.1 Å². The third-order valence-corrected chi connectivity index (χ3v) is 5.31. The van der Waals surface area contributed by atoms with Crippen molar-refractivity contribution in [2.45, 2.75) is 50.4 Å². The van der Waals surface area contributed by atoms with E-state index in [0.29, 0.717) is 0 Å². The van der Waals surface area contributed by atoms with Crippen molar-refractivity contribution in [3.8, 4) is 6.07 Å². The minimum absolute atomic E-state index is 0.0193. The Morgan fingerprint density at radius 2 is 1.83 bits per heavy atom. The number of nitrogens with zero attached hydrogens (tertiary/aromatic N) is 3. The van der Waals surface area contributed by atoms with Crippen LogP contribution in [0.2, 0.25) is 0 Å². The molecule has 1 heterocycles. The summed E-state index contributed by atoms with van der Waals surface area (Å²) in [5, 5.41) is 12.6. The number of thioether (sulfide) groups is 1. The number of benzene rings is 1. The molecule has 2 aromatic rings. The highest BCUT2D eigenvalue weighted by Gasteiger charge is 2.32. The van der Waals surface area contributed by atoms with Gasteiger partial charge < -0.3 is 5.32 Å². The molecule has 1 aromatic heterocycles. The number of para-hydroxylation sites is 2. The number of nitrogens with one attached hydrogen (secondary N) is 1. The zero-order valence-corrected chi connectivity index (χ0v) is 15.4. The molecule has 126 valence electrons. The van der Waals surface area contributed by atoms with Gasteiger partial charge in [-0.05, 0) is 38.8 Å². The van der Waals surface area contributed by atoms with Crippen molar-refractivity contribution >= 4 is 28.7 Å². The fraction of sp³-hybridized carbons (Fsp3) is 0.444. The maximum absolute atomic E-state index is 12.5. The van der Waals surface area contributed by atoms with Gasteiger partial charge in [0.2, 0.25) is 5.91 Å². The van der Waals surface area contributed by atoms with Crippen LogP contribution in [0.15, 0.2) is 29.3 Å². The lowest BCUT2D eigenvalue weighted by Gasteiger charge is -2.28. The van der Waals surface area contributed by atoms with Gasteiger partial charge in [0.15, 0.2) is 0 Å². The number of carbonyl (C=O) groups is 1. The number of nitriles is 1. The molecule has 24 heavy (non-hydrogen) atoms. The number of fused-ring (bicyclic) bond motifs is 1. The minimum Gasteiger partial charge on any atom is -0.337 e. The minimum atomic E-state index is -0.879. The first-order valence-corrected chi connectivity index (χ1v) is 8.78. The third kappa shape index (κ3) is 3.85. The van der Waals surface area contributed by atoms with E-state index in [-0.39, 0.29) is 17.1 Å². The molecular weight excluding hydrogens is 320 g/mol. The Morgan fingerprint density at radius 3 is 2.38 bits per heavy atom. The largest absolute Gasteiger partial charge is 0.337 e. The number of rotatable bonds is 5. The van der Waals surface area contributed by atoms with Crippen LogP contribution in [-0.2, 0) is 4.79 Å². The van der Waals surface area contributed by atoms with Crippen molar-refractivity contribution in [2.75, 3.05) is 0 Å². The summed E-state index contributed by atoms with van der Waals surface area (Å²) >= 11 is 1.36. The lowest BCUT2D eigenvalue weighted by molar-refractivity contribution is -0.121. The van der Waals surface area contributed by atoms with Gasteiger partial charge in [-0.1, -0.05) is 37.7 Å². The van der Waals surface area contributed by atoms with Gasteiger partial charge in [-0.25, -0.2) is 9.97 Å². The van der Waals surface area contributed by atoms with Crippen LogP contribution in [0.3, 0.4) is 0 Å². The Kier molecular flexibility index (Phi) is 5.45. The molecule has 0 saturated heterocycles. The van der Waals surface area contributed by atoms with Crippen molar-refractivity contribution in [2.24, 2.45) is 5.92 Å². The number of amides is 1. The van der Waals surface area contributed by atoms with Gasteiger partial charge in [-0.3, -0.25) is 4.79 Å². The van der Waals surface area contributed by atoms with E-state index in [4.69, 9.17) is 0 Å². The maximum atomic E-state index is 12.5. The first kappa shape index (κ1) is 18.2. The average Bonchev–Trinajstić information content (AvgIpc) is 2.55. The quantitative estimate of drug-likeness (QED) is 0.842. The van der Waals surface area contributed by atoms with E-state index in [1.54, 1.807) is 6.92 Å². The molecule has 0 aliphatic carbocycles. The molecule has 5 nitrogen and oxygen atoms in total. The summed E-state index contributed by atoms with van der Waals surface area (Å²) in [5.41, 5.74) is 1.57. The number of hydrogen-bond donors (Lipinski definition) is 1. The second kappa shape index (κ2) is 7.18. The van der Waals surface area contributed by atoms with Gasteiger partial charge in [-0.15, -0.1) is 0 Å². The molecule has 0 aliphatic rings. The molecule has 0 aliphatic heterocycles. The Bertz CT molecular complexity index is 799. The van der Waals surface area contributed by atoms with Gasteiger partial charge in [-0.2, -0.15) is 5.26 Å². The number of hydrogen-bond acceptors (Lipinski definition) is 5. The highest BCUT2D eigenvalue weighted by Crippen LogP contribution is 2.26. The molecule has 2 rings (SSSR count). The van der Waals surface area contributed by atoms with Crippen LogP contribution in [0.4, 0.5) is 0 Å². The molecule has 0 fully saturated rings.